The molecule has 0 aliphatic carbocycles. The number of aliphatic hydroxyl groups excluding tert-OH is 1. The van der Waals surface area contributed by atoms with Crippen LogP contribution in [-0.4, -0.2) is 95.1 Å². The molecule has 3 rings (SSSR count). The minimum absolute atomic E-state index is 0.00104. The lowest BCUT2D eigenvalue weighted by Gasteiger charge is -2.61. The van der Waals surface area contributed by atoms with E-state index in [-0.39, 0.29) is 23.5 Å². The van der Waals surface area contributed by atoms with Crippen LogP contribution in [0.25, 0.3) is 0 Å². The van der Waals surface area contributed by atoms with Crippen LogP contribution in [0.2, 0.25) is 0 Å². The summed E-state index contributed by atoms with van der Waals surface area (Å²) in [7, 11) is 0. The van der Waals surface area contributed by atoms with E-state index in [4.69, 9.17) is 0 Å². The van der Waals surface area contributed by atoms with Crippen LogP contribution in [-0.2, 0) is 9.59 Å². The van der Waals surface area contributed by atoms with Gasteiger partial charge in [-0.15, -0.1) is 0 Å². The standard InChI is InChI=1S/C18H32N4O3/c1-13(2)7-20-8-15-6-16(24)9-22(15)18(10-20)11-21(12-18)17(25)4-5-19-14(3)23/h13,15-16,24H,4-12H2,1-3H3,(H,19,23)/t15-,16-/m1/s1. The van der Waals surface area contributed by atoms with E-state index in [9.17, 15) is 14.7 Å². The van der Waals surface area contributed by atoms with Gasteiger partial charge in [-0.05, 0) is 12.3 Å². The second kappa shape index (κ2) is 7.21. The molecular weight excluding hydrogens is 320 g/mol. The SMILES string of the molecule is CC(=O)NCCC(=O)N1CC2(CN(CC(C)C)C[C@H]3C[C@@H](O)CN32)C1. The molecular formula is C18H32N4O3. The van der Waals surface area contributed by atoms with Gasteiger partial charge in [-0.1, -0.05) is 13.8 Å². The molecule has 3 fully saturated rings. The van der Waals surface area contributed by atoms with Crippen LogP contribution in [0.15, 0.2) is 0 Å². The molecule has 0 aromatic heterocycles. The fourth-order valence-corrected chi connectivity index (χ4v) is 4.80. The average Bonchev–Trinajstić information content (AvgIpc) is 2.83. The lowest BCUT2D eigenvalue weighted by atomic mass is 9.83. The molecule has 0 aromatic rings. The van der Waals surface area contributed by atoms with Crippen LogP contribution >= 0.6 is 0 Å². The maximum atomic E-state index is 12.3. The van der Waals surface area contributed by atoms with Gasteiger partial charge in [0.05, 0.1) is 11.6 Å². The molecule has 2 amide bonds. The van der Waals surface area contributed by atoms with E-state index in [0.717, 1.165) is 45.7 Å². The van der Waals surface area contributed by atoms with E-state index >= 15 is 0 Å². The Balaban J connectivity index is 1.60. The second-order valence-electron chi connectivity index (χ2n) is 8.49. The zero-order valence-electron chi connectivity index (χ0n) is 15.7. The summed E-state index contributed by atoms with van der Waals surface area (Å²) in [6.07, 6.45) is 0.954. The molecule has 142 valence electrons. The second-order valence-corrected chi connectivity index (χ2v) is 8.49. The van der Waals surface area contributed by atoms with Crippen LogP contribution in [0.4, 0.5) is 0 Å². The number of rotatable bonds is 5. The lowest BCUT2D eigenvalue weighted by molar-refractivity contribution is -0.156. The Hall–Kier alpha value is -1.18. The number of hydrogen-bond donors (Lipinski definition) is 2. The molecule has 0 unspecified atom stereocenters. The highest BCUT2D eigenvalue weighted by Gasteiger charge is 2.56. The van der Waals surface area contributed by atoms with Gasteiger partial charge in [0.25, 0.3) is 0 Å². The number of β-amino-alcohol motifs (C(OH)–C–C–N with tert-alkyl or cyclic N) is 1. The zero-order chi connectivity index (χ0) is 18.2. The Morgan fingerprint density at radius 1 is 1.24 bits per heavy atom. The van der Waals surface area contributed by atoms with E-state index < -0.39 is 0 Å². The summed E-state index contributed by atoms with van der Waals surface area (Å²) in [6, 6.07) is 0.402. The number of carbonyl (C=O) groups excluding carboxylic acids is 2. The maximum Gasteiger partial charge on any atom is 0.224 e. The number of piperazine rings is 1. The van der Waals surface area contributed by atoms with Crippen LogP contribution in [0.5, 0.6) is 0 Å². The number of amides is 2. The van der Waals surface area contributed by atoms with Crippen molar-refractivity contribution in [1.29, 1.82) is 0 Å². The summed E-state index contributed by atoms with van der Waals surface area (Å²) in [5.74, 6) is 0.625. The van der Waals surface area contributed by atoms with Gasteiger partial charge in [0.15, 0.2) is 0 Å². The van der Waals surface area contributed by atoms with Crippen LogP contribution in [0.3, 0.4) is 0 Å². The predicted octanol–water partition coefficient (Wildman–Crippen LogP) is -0.500. The number of aliphatic hydroxyl groups is 1. The van der Waals surface area contributed by atoms with E-state index in [1.807, 2.05) is 4.90 Å². The first-order valence-electron chi connectivity index (χ1n) is 9.48. The van der Waals surface area contributed by atoms with Crippen molar-refractivity contribution in [3.05, 3.63) is 0 Å². The van der Waals surface area contributed by atoms with Crippen molar-refractivity contribution < 1.29 is 14.7 Å². The third-order valence-corrected chi connectivity index (χ3v) is 5.65. The number of nitrogens with one attached hydrogen (secondary N) is 1. The van der Waals surface area contributed by atoms with Gasteiger partial charge in [0, 0.05) is 65.2 Å². The van der Waals surface area contributed by atoms with Gasteiger partial charge in [-0.25, -0.2) is 0 Å². The van der Waals surface area contributed by atoms with Crippen molar-refractivity contribution in [2.75, 3.05) is 45.8 Å². The molecule has 2 atom stereocenters. The topological polar surface area (TPSA) is 76.1 Å². The van der Waals surface area contributed by atoms with Crippen LogP contribution in [0.1, 0.15) is 33.6 Å². The molecule has 3 aliphatic rings. The zero-order valence-corrected chi connectivity index (χ0v) is 15.7. The largest absolute Gasteiger partial charge is 0.392 e. The van der Waals surface area contributed by atoms with Crippen LogP contribution in [0, 0.1) is 5.92 Å². The lowest BCUT2D eigenvalue weighted by Crippen LogP contribution is -2.78. The number of carbonyl (C=O) groups is 2. The maximum absolute atomic E-state index is 12.3. The number of fused-ring (bicyclic) bond motifs is 2. The first-order valence-corrected chi connectivity index (χ1v) is 9.48. The number of likely N-dealkylation sites (tertiary alicyclic amines) is 1. The van der Waals surface area contributed by atoms with Crippen molar-refractivity contribution in [1.82, 2.24) is 20.0 Å². The highest BCUT2D eigenvalue weighted by molar-refractivity contribution is 5.79. The molecule has 1 spiro atoms. The molecule has 3 saturated heterocycles. The van der Waals surface area contributed by atoms with Crippen molar-refractivity contribution in [3.8, 4) is 0 Å². The van der Waals surface area contributed by atoms with E-state index in [0.29, 0.717) is 24.9 Å². The molecule has 2 N–H and O–H groups in total. The third kappa shape index (κ3) is 3.99. The smallest absolute Gasteiger partial charge is 0.224 e. The summed E-state index contributed by atoms with van der Waals surface area (Å²) in [4.78, 5) is 30.2. The average molecular weight is 352 g/mol. The first-order chi connectivity index (χ1) is 11.8. The summed E-state index contributed by atoms with van der Waals surface area (Å²) >= 11 is 0. The van der Waals surface area contributed by atoms with Gasteiger partial charge in [0.2, 0.25) is 11.8 Å². The van der Waals surface area contributed by atoms with Gasteiger partial charge < -0.3 is 15.3 Å². The summed E-state index contributed by atoms with van der Waals surface area (Å²) in [5.41, 5.74) is -0.00104. The van der Waals surface area contributed by atoms with E-state index in [1.165, 1.54) is 6.92 Å². The van der Waals surface area contributed by atoms with Crippen molar-refractivity contribution >= 4 is 11.8 Å². The summed E-state index contributed by atoms with van der Waals surface area (Å²) in [5, 5.41) is 12.8. The van der Waals surface area contributed by atoms with Crippen molar-refractivity contribution in [3.63, 3.8) is 0 Å². The monoisotopic (exact) mass is 352 g/mol. The van der Waals surface area contributed by atoms with Crippen molar-refractivity contribution in [2.45, 2.75) is 51.3 Å². The Morgan fingerprint density at radius 2 is 1.96 bits per heavy atom. The highest BCUT2D eigenvalue weighted by atomic mass is 16.3. The molecule has 25 heavy (non-hydrogen) atoms. The Bertz CT molecular complexity index is 518. The summed E-state index contributed by atoms with van der Waals surface area (Å²) < 4.78 is 0. The highest BCUT2D eigenvalue weighted by Crippen LogP contribution is 2.39. The first kappa shape index (κ1) is 18.6. The molecule has 0 saturated carbocycles. The molecule has 7 heteroatoms. The number of nitrogens with zero attached hydrogens (tertiary/aromatic N) is 3. The Kier molecular flexibility index (Phi) is 5.37. The fourth-order valence-electron chi connectivity index (χ4n) is 4.80. The van der Waals surface area contributed by atoms with E-state index in [1.54, 1.807) is 0 Å². The molecule has 7 nitrogen and oxygen atoms in total. The summed E-state index contributed by atoms with van der Waals surface area (Å²) in [6.45, 7) is 11.6. The quantitative estimate of drug-likeness (QED) is 0.698. The Labute approximate surface area is 150 Å². The minimum Gasteiger partial charge on any atom is -0.392 e. The van der Waals surface area contributed by atoms with E-state index in [2.05, 4.69) is 29.0 Å². The Morgan fingerprint density at radius 3 is 2.60 bits per heavy atom. The molecule has 0 bridgehead atoms. The fraction of sp³-hybridized carbons (Fsp3) is 0.889. The number of hydrogen-bond acceptors (Lipinski definition) is 5. The van der Waals surface area contributed by atoms with Crippen LogP contribution < -0.4 is 5.32 Å². The van der Waals surface area contributed by atoms with Gasteiger partial charge in [-0.3, -0.25) is 19.4 Å². The molecule has 0 aromatic carbocycles. The molecule has 0 radical (unpaired) electrons. The molecule has 3 heterocycles. The van der Waals surface area contributed by atoms with Gasteiger partial charge in [-0.2, -0.15) is 0 Å². The van der Waals surface area contributed by atoms with Crippen molar-refractivity contribution in [2.24, 2.45) is 5.92 Å². The predicted molar refractivity (Wildman–Crippen MR) is 95.0 cm³/mol. The van der Waals surface area contributed by atoms with Gasteiger partial charge in [0.1, 0.15) is 0 Å². The van der Waals surface area contributed by atoms with Gasteiger partial charge >= 0.3 is 0 Å². The molecule has 3 aliphatic heterocycles. The normalized spacial score (nSPS) is 28.9. The minimum atomic E-state index is -0.245. The third-order valence-electron chi connectivity index (χ3n) is 5.65.